The highest BCUT2D eigenvalue weighted by Gasteiger charge is 2.13. The molecule has 1 unspecified atom stereocenters. The van der Waals surface area contributed by atoms with Crippen molar-refractivity contribution in [1.29, 1.82) is 0 Å². The smallest absolute Gasteiger partial charge is 0.123 e. The van der Waals surface area contributed by atoms with Crippen molar-refractivity contribution < 1.29 is 9.13 Å². The summed E-state index contributed by atoms with van der Waals surface area (Å²) in [4.78, 5) is 0. The van der Waals surface area contributed by atoms with Crippen LogP contribution < -0.4 is 10.1 Å². The molecule has 1 aromatic rings. The van der Waals surface area contributed by atoms with Crippen LogP contribution in [0.1, 0.15) is 31.9 Å². The Morgan fingerprint density at radius 3 is 2.67 bits per heavy atom. The van der Waals surface area contributed by atoms with E-state index in [0.29, 0.717) is 0 Å². The van der Waals surface area contributed by atoms with Crippen molar-refractivity contribution in [3.05, 3.63) is 29.6 Å². The molecular weight excluding hydrogens is 193 g/mol. The third kappa shape index (κ3) is 2.93. The van der Waals surface area contributed by atoms with Crippen molar-refractivity contribution in [3.8, 4) is 5.75 Å². The third-order valence-corrected chi connectivity index (χ3v) is 2.43. The lowest BCUT2D eigenvalue weighted by Crippen LogP contribution is -2.20. The van der Waals surface area contributed by atoms with Crippen LogP contribution in [0.3, 0.4) is 0 Å². The Morgan fingerprint density at radius 2 is 2.13 bits per heavy atom. The molecule has 0 bridgehead atoms. The molecule has 0 aliphatic heterocycles. The van der Waals surface area contributed by atoms with Gasteiger partial charge in [-0.3, -0.25) is 0 Å². The molecule has 0 saturated heterocycles. The third-order valence-electron chi connectivity index (χ3n) is 2.43. The van der Waals surface area contributed by atoms with Crippen LogP contribution in [-0.2, 0) is 0 Å². The van der Waals surface area contributed by atoms with Gasteiger partial charge < -0.3 is 10.1 Å². The summed E-state index contributed by atoms with van der Waals surface area (Å²) >= 11 is 0. The van der Waals surface area contributed by atoms with E-state index in [1.165, 1.54) is 12.1 Å². The lowest BCUT2D eigenvalue weighted by Gasteiger charge is -2.19. The van der Waals surface area contributed by atoms with E-state index >= 15 is 0 Å². The van der Waals surface area contributed by atoms with Gasteiger partial charge >= 0.3 is 0 Å². The van der Waals surface area contributed by atoms with Gasteiger partial charge in [-0.25, -0.2) is 4.39 Å². The molecule has 3 heteroatoms. The van der Waals surface area contributed by atoms with Crippen LogP contribution >= 0.6 is 0 Å². The minimum atomic E-state index is -0.220. The van der Waals surface area contributed by atoms with E-state index in [-0.39, 0.29) is 11.9 Å². The average molecular weight is 211 g/mol. The number of ether oxygens (including phenoxy) is 1. The van der Waals surface area contributed by atoms with Crippen LogP contribution in [0.4, 0.5) is 4.39 Å². The topological polar surface area (TPSA) is 21.3 Å². The van der Waals surface area contributed by atoms with Gasteiger partial charge in [0.1, 0.15) is 11.6 Å². The van der Waals surface area contributed by atoms with Crippen molar-refractivity contribution in [3.63, 3.8) is 0 Å². The van der Waals surface area contributed by atoms with Crippen molar-refractivity contribution in [2.75, 3.05) is 13.7 Å². The summed E-state index contributed by atoms with van der Waals surface area (Å²) in [5, 5.41) is 3.30. The van der Waals surface area contributed by atoms with Crippen LogP contribution in [0.15, 0.2) is 18.2 Å². The van der Waals surface area contributed by atoms with Gasteiger partial charge in [-0.2, -0.15) is 0 Å². The predicted molar refractivity (Wildman–Crippen MR) is 59.7 cm³/mol. The maximum atomic E-state index is 13.1. The minimum absolute atomic E-state index is 0.153. The van der Waals surface area contributed by atoms with Crippen molar-refractivity contribution >= 4 is 0 Å². The molecule has 15 heavy (non-hydrogen) atoms. The Kier molecular flexibility index (Phi) is 4.56. The van der Waals surface area contributed by atoms with Gasteiger partial charge in [-0.15, -0.1) is 0 Å². The summed E-state index contributed by atoms with van der Waals surface area (Å²) in [5.41, 5.74) is 0.891. The monoisotopic (exact) mass is 211 g/mol. The van der Waals surface area contributed by atoms with Crippen molar-refractivity contribution in [2.45, 2.75) is 26.3 Å². The van der Waals surface area contributed by atoms with E-state index in [0.717, 1.165) is 24.3 Å². The van der Waals surface area contributed by atoms with E-state index in [1.807, 2.05) is 6.92 Å². The largest absolute Gasteiger partial charge is 0.496 e. The van der Waals surface area contributed by atoms with E-state index in [1.54, 1.807) is 13.2 Å². The standard InChI is InChI=1S/C12H18FNO/c1-4-11(14-5-2)10-8-9(13)6-7-12(10)15-3/h6-8,11,14H,4-5H2,1-3H3. The summed E-state index contributed by atoms with van der Waals surface area (Å²) in [6, 6.07) is 4.78. The van der Waals surface area contributed by atoms with Gasteiger partial charge in [-0.05, 0) is 31.2 Å². The van der Waals surface area contributed by atoms with Crippen LogP contribution in [0.5, 0.6) is 5.75 Å². The van der Waals surface area contributed by atoms with Gasteiger partial charge in [0, 0.05) is 11.6 Å². The van der Waals surface area contributed by atoms with Crippen molar-refractivity contribution in [1.82, 2.24) is 5.32 Å². The molecule has 0 fully saturated rings. The van der Waals surface area contributed by atoms with Crippen molar-refractivity contribution in [2.24, 2.45) is 0 Å². The van der Waals surface area contributed by atoms with Gasteiger partial charge in [0.2, 0.25) is 0 Å². The number of methoxy groups -OCH3 is 1. The maximum Gasteiger partial charge on any atom is 0.123 e. The molecule has 2 nitrogen and oxygen atoms in total. The fourth-order valence-electron chi connectivity index (χ4n) is 1.70. The van der Waals surface area contributed by atoms with E-state index in [4.69, 9.17) is 4.74 Å². The van der Waals surface area contributed by atoms with Crippen LogP contribution in [0, 0.1) is 5.82 Å². The van der Waals surface area contributed by atoms with Crippen LogP contribution in [0.2, 0.25) is 0 Å². The molecule has 0 aliphatic carbocycles. The zero-order chi connectivity index (χ0) is 11.3. The first-order valence-electron chi connectivity index (χ1n) is 5.29. The molecule has 0 radical (unpaired) electrons. The second-order valence-electron chi connectivity index (χ2n) is 3.40. The Balaban J connectivity index is 3.02. The van der Waals surface area contributed by atoms with E-state index in [9.17, 15) is 4.39 Å². The molecule has 0 spiro atoms. The molecule has 0 saturated carbocycles. The van der Waals surface area contributed by atoms with E-state index < -0.39 is 0 Å². The molecule has 0 aliphatic rings. The average Bonchev–Trinajstić information content (AvgIpc) is 2.26. The second-order valence-corrected chi connectivity index (χ2v) is 3.40. The highest BCUT2D eigenvalue weighted by Crippen LogP contribution is 2.27. The maximum absolute atomic E-state index is 13.1. The fraction of sp³-hybridized carbons (Fsp3) is 0.500. The molecule has 1 rings (SSSR count). The highest BCUT2D eigenvalue weighted by atomic mass is 19.1. The lowest BCUT2D eigenvalue weighted by molar-refractivity contribution is 0.396. The van der Waals surface area contributed by atoms with Crippen LogP contribution in [-0.4, -0.2) is 13.7 Å². The zero-order valence-corrected chi connectivity index (χ0v) is 9.51. The minimum Gasteiger partial charge on any atom is -0.496 e. The normalized spacial score (nSPS) is 12.5. The lowest BCUT2D eigenvalue weighted by atomic mass is 10.0. The van der Waals surface area contributed by atoms with Gasteiger partial charge in [0.25, 0.3) is 0 Å². The number of halogens is 1. The number of rotatable bonds is 5. The molecule has 1 N–H and O–H groups in total. The summed E-state index contributed by atoms with van der Waals surface area (Å²) < 4.78 is 18.4. The molecule has 1 aromatic carbocycles. The molecule has 1 atom stereocenters. The molecule has 0 aromatic heterocycles. The number of hydrogen-bond acceptors (Lipinski definition) is 2. The number of benzene rings is 1. The Bertz CT molecular complexity index is 314. The first-order valence-corrected chi connectivity index (χ1v) is 5.29. The zero-order valence-electron chi connectivity index (χ0n) is 9.51. The Hall–Kier alpha value is -1.09. The number of hydrogen-bond donors (Lipinski definition) is 1. The quantitative estimate of drug-likeness (QED) is 0.808. The first-order chi connectivity index (χ1) is 7.22. The summed E-state index contributed by atoms with van der Waals surface area (Å²) in [5.74, 6) is 0.520. The van der Waals surface area contributed by atoms with E-state index in [2.05, 4.69) is 12.2 Å². The number of nitrogens with one attached hydrogen (secondary N) is 1. The SMILES string of the molecule is CCNC(CC)c1cc(F)ccc1OC. The fourth-order valence-corrected chi connectivity index (χ4v) is 1.70. The van der Waals surface area contributed by atoms with Gasteiger partial charge in [0.15, 0.2) is 0 Å². The molecular formula is C12H18FNO. The Morgan fingerprint density at radius 1 is 1.40 bits per heavy atom. The molecule has 84 valence electrons. The molecule has 0 amide bonds. The summed E-state index contributed by atoms with van der Waals surface area (Å²) in [6.45, 7) is 4.96. The predicted octanol–water partition coefficient (Wildman–Crippen LogP) is 2.89. The second kappa shape index (κ2) is 5.71. The van der Waals surface area contributed by atoms with Gasteiger partial charge in [0.05, 0.1) is 7.11 Å². The Labute approximate surface area is 90.4 Å². The summed E-state index contributed by atoms with van der Waals surface area (Å²) in [7, 11) is 1.61. The summed E-state index contributed by atoms with van der Waals surface area (Å²) in [6.07, 6.45) is 0.910. The van der Waals surface area contributed by atoms with Gasteiger partial charge in [-0.1, -0.05) is 13.8 Å². The highest BCUT2D eigenvalue weighted by molar-refractivity contribution is 5.36. The molecule has 0 heterocycles. The van der Waals surface area contributed by atoms with Crippen LogP contribution in [0.25, 0.3) is 0 Å². The first kappa shape index (κ1) is 12.0.